The molecule has 0 saturated carbocycles. The number of fused-ring (bicyclic) bond motifs is 1. The average molecular weight is 224 g/mol. The molecule has 0 radical (unpaired) electrons. The van der Waals surface area contributed by atoms with Gasteiger partial charge in [-0.1, -0.05) is 0 Å². The minimum Gasteiger partial charge on any atom is -0.335 e. The van der Waals surface area contributed by atoms with Crippen molar-refractivity contribution in [1.29, 1.82) is 0 Å². The summed E-state index contributed by atoms with van der Waals surface area (Å²) in [6.07, 6.45) is 1.08. The number of hydrogen-bond acceptors (Lipinski definition) is 3. The minimum atomic E-state index is 0.356. The molecule has 0 amide bonds. The third kappa shape index (κ3) is 1.72. The number of thiophene rings is 1. The second-order valence-electron chi connectivity index (χ2n) is 3.61. The molecule has 5 heteroatoms. The first-order valence-corrected chi connectivity index (χ1v) is 5.92. The number of hydrazine groups is 1. The molecule has 0 bridgehead atoms. The van der Waals surface area contributed by atoms with Crippen LogP contribution in [-0.4, -0.2) is 24.5 Å². The fourth-order valence-corrected chi connectivity index (χ4v) is 3.04. The van der Waals surface area contributed by atoms with E-state index in [1.165, 1.54) is 10.4 Å². The SMILES string of the molecule is CN=C(NN)N1CCc2sccc2C1C. The maximum absolute atomic E-state index is 5.45. The molecule has 1 aromatic heterocycles. The second kappa shape index (κ2) is 4.20. The van der Waals surface area contributed by atoms with Gasteiger partial charge in [0.05, 0.1) is 6.04 Å². The lowest BCUT2D eigenvalue weighted by molar-refractivity contribution is 0.311. The lowest BCUT2D eigenvalue weighted by Crippen LogP contribution is -2.48. The molecule has 1 aliphatic rings. The molecule has 0 spiro atoms. The Balaban J connectivity index is 2.26. The average Bonchev–Trinajstić information content (AvgIpc) is 2.71. The normalized spacial score (nSPS) is 21.4. The van der Waals surface area contributed by atoms with Gasteiger partial charge in [0.15, 0.2) is 0 Å². The van der Waals surface area contributed by atoms with E-state index in [1.54, 1.807) is 7.05 Å². The molecular weight excluding hydrogens is 208 g/mol. The van der Waals surface area contributed by atoms with Crippen LogP contribution < -0.4 is 11.3 Å². The minimum absolute atomic E-state index is 0.356. The topological polar surface area (TPSA) is 53.6 Å². The molecule has 15 heavy (non-hydrogen) atoms. The maximum Gasteiger partial charge on any atom is 0.208 e. The van der Waals surface area contributed by atoms with Crippen LogP contribution in [0, 0.1) is 0 Å². The van der Waals surface area contributed by atoms with Crippen LogP contribution in [0.15, 0.2) is 16.4 Å². The third-order valence-corrected chi connectivity index (χ3v) is 3.89. The molecular formula is C10H16N4S. The lowest BCUT2D eigenvalue weighted by Gasteiger charge is -2.35. The predicted octanol–water partition coefficient (Wildman–Crippen LogP) is 1.12. The van der Waals surface area contributed by atoms with Gasteiger partial charge in [0, 0.05) is 18.5 Å². The van der Waals surface area contributed by atoms with E-state index in [9.17, 15) is 0 Å². The Bertz CT molecular complexity index is 371. The number of aliphatic imine (C=N–C) groups is 1. The van der Waals surface area contributed by atoms with E-state index in [0.29, 0.717) is 6.04 Å². The molecule has 3 N–H and O–H groups in total. The number of nitrogens with two attached hydrogens (primary N) is 1. The Labute approximate surface area is 93.8 Å². The van der Waals surface area contributed by atoms with Crippen molar-refractivity contribution >= 4 is 17.3 Å². The Morgan fingerprint density at radius 2 is 2.53 bits per heavy atom. The third-order valence-electron chi connectivity index (χ3n) is 2.89. The zero-order chi connectivity index (χ0) is 10.8. The van der Waals surface area contributed by atoms with Crippen LogP contribution in [0.3, 0.4) is 0 Å². The van der Waals surface area contributed by atoms with E-state index in [4.69, 9.17) is 5.84 Å². The van der Waals surface area contributed by atoms with E-state index >= 15 is 0 Å². The van der Waals surface area contributed by atoms with Crippen LogP contribution in [0.4, 0.5) is 0 Å². The lowest BCUT2D eigenvalue weighted by atomic mass is 10.0. The quantitative estimate of drug-likeness (QED) is 0.300. The highest BCUT2D eigenvalue weighted by molar-refractivity contribution is 7.10. The molecule has 1 unspecified atom stereocenters. The standard InChI is InChI=1S/C10H16N4S/c1-7-8-4-6-15-9(8)3-5-14(7)10(12-2)13-11/h4,6-7H,3,5,11H2,1-2H3,(H,12,13). The molecule has 0 aliphatic carbocycles. The molecule has 1 aromatic rings. The van der Waals surface area contributed by atoms with Crippen molar-refractivity contribution in [3.8, 4) is 0 Å². The number of nitrogens with zero attached hydrogens (tertiary/aromatic N) is 2. The first-order valence-electron chi connectivity index (χ1n) is 5.04. The van der Waals surface area contributed by atoms with E-state index in [2.05, 4.69) is 33.7 Å². The zero-order valence-corrected chi connectivity index (χ0v) is 9.84. The van der Waals surface area contributed by atoms with Gasteiger partial charge in [-0.15, -0.1) is 11.3 Å². The van der Waals surface area contributed by atoms with Gasteiger partial charge in [-0.3, -0.25) is 10.4 Å². The van der Waals surface area contributed by atoms with Crippen LogP contribution in [0.5, 0.6) is 0 Å². The summed E-state index contributed by atoms with van der Waals surface area (Å²) in [5.74, 6) is 6.22. The van der Waals surface area contributed by atoms with E-state index in [-0.39, 0.29) is 0 Å². The van der Waals surface area contributed by atoms with Crippen LogP contribution >= 0.6 is 11.3 Å². The van der Waals surface area contributed by atoms with Gasteiger partial charge in [-0.05, 0) is 30.4 Å². The highest BCUT2D eigenvalue weighted by Gasteiger charge is 2.26. The molecule has 4 nitrogen and oxygen atoms in total. The number of guanidine groups is 1. The maximum atomic E-state index is 5.45. The zero-order valence-electron chi connectivity index (χ0n) is 9.03. The summed E-state index contributed by atoms with van der Waals surface area (Å²) < 4.78 is 0. The van der Waals surface area contributed by atoms with Crippen LogP contribution in [0.1, 0.15) is 23.4 Å². The first kappa shape index (κ1) is 10.4. The largest absolute Gasteiger partial charge is 0.335 e. The smallest absolute Gasteiger partial charge is 0.208 e. The predicted molar refractivity (Wildman–Crippen MR) is 63.8 cm³/mol. The highest BCUT2D eigenvalue weighted by atomic mass is 32.1. The fraction of sp³-hybridized carbons (Fsp3) is 0.500. The number of hydrogen-bond donors (Lipinski definition) is 2. The molecule has 82 valence electrons. The van der Waals surface area contributed by atoms with Crippen LogP contribution in [0.2, 0.25) is 0 Å². The Morgan fingerprint density at radius 3 is 3.20 bits per heavy atom. The van der Waals surface area contributed by atoms with Crippen LogP contribution in [-0.2, 0) is 6.42 Å². The van der Waals surface area contributed by atoms with Crippen molar-refractivity contribution in [3.05, 3.63) is 21.9 Å². The Hall–Kier alpha value is -1.07. The summed E-state index contributed by atoms with van der Waals surface area (Å²) in [5.41, 5.74) is 4.06. The van der Waals surface area contributed by atoms with Gasteiger partial charge in [0.1, 0.15) is 0 Å². The summed E-state index contributed by atoms with van der Waals surface area (Å²) in [6, 6.07) is 2.55. The molecule has 1 atom stereocenters. The van der Waals surface area contributed by atoms with Gasteiger partial charge in [-0.2, -0.15) is 0 Å². The summed E-state index contributed by atoms with van der Waals surface area (Å²) in [4.78, 5) is 7.84. The van der Waals surface area contributed by atoms with Crippen molar-refractivity contribution in [2.45, 2.75) is 19.4 Å². The van der Waals surface area contributed by atoms with Crippen molar-refractivity contribution < 1.29 is 0 Å². The molecule has 2 heterocycles. The number of nitrogens with one attached hydrogen (secondary N) is 1. The Morgan fingerprint density at radius 1 is 1.73 bits per heavy atom. The van der Waals surface area contributed by atoms with Gasteiger partial charge in [-0.25, -0.2) is 5.84 Å². The Kier molecular flexibility index (Phi) is 2.93. The number of rotatable bonds is 0. The van der Waals surface area contributed by atoms with Crippen molar-refractivity contribution in [1.82, 2.24) is 10.3 Å². The monoisotopic (exact) mass is 224 g/mol. The van der Waals surface area contributed by atoms with Crippen molar-refractivity contribution in [2.24, 2.45) is 10.8 Å². The van der Waals surface area contributed by atoms with Gasteiger partial charge < -0.3 is 4.90 Å². The van der Waals surface area contributed by atoms with Crippen LogP contribution in [0.25, 0.3) is 0 Å². The first-order chi connectivity index (χ1) is 7.27. The molecule has 2 rings (SSSR count). The van der Waals surface area contributed by atoms with E-state index in [0.717, 1.165) is 18.9 Å². The fourth-order valence-electron chi connectivity index (χ4n) is 2.07. The molecule has 0 fully saturated rings. The second-order valence-corrected chi connectivity index (χ2v) is 4.61. The van der Waals surface area contributed by atoms with Crippen molar-refractivity contribution in [2.75, 3.05) is 13.6 Å². The molecule has 0 aromatic carbocycles. The van der Waals surface area contributed by atoms with Gasteiger partial charge in [0.2, 0.25) is 5.96 Å². The summed E-state index contributed by atoms with van der Waals surface area (Å²) in [5, 5.41) is 2.16. The summed E-state index contributed by atoms with van der Waals surface area (Å²) >= 11 is 1.84. The highest BCUT2D eigenvalue weighted by Crippen LogP contribution is 2.32. The molecule has 1 aliphatic heterocycles. The van der Waals surface area contributed by atoms with Crippen molar-refractivity contribution in [3.63, 3.8) is 0 Å². The van der Waals surface area contributed by atoms with Gasteiger partial charge >= 0.3 is 0 Å². The van der Waals surface area contributed by atoms with E-state index in [1.807, 2.05) is 11.3 Å². The van der Waals surface area contributed by atoms with E-state index < -0.39 is 0 Å². The summed E-state index contributed by atoms with van der Waals surface area (Å²) in [7, 11) is 1.76. The molecule has 0 saturated heterocycles. The summed E-state index contributed by atoms with van der Waals surface area (Å²) in [6.45, 7) is 3.17. The van der Waals surface area contributed by atoms with Gasteiger partial charge in [0.25, 0.3) is 0 Å².